The van der Waals surface area contributed by atoms with Crippen LogP contribution in [0.25, 0.3) is 0 Å². The monoisotopic (exact) mass is 330 g/mol. The summed E-state index contributed by atoms with van der Waals surface area (Å²) in [7, 11) is 0. The summed E-state index contributed by atoms with van der Waals surface area (Å²) >= 11 is 0. The maximum Gasteiger partial charge on any atom is 0.329 e. The minimum atomic E-state index is -1.00. The third kappa shape index (κ3) is 13.2. The van der Waals surface area contributed by atoms with Gasteiger partial charge in [-0.1, -0.05) is 0 Å². The van der Waals surface area contributed by atoms with Crippen molar-refractivity contribution in [2.24, 2.45) is 0 Å². The van der Waals surface area contributed by atoms with Crippen molar-refractivity contribution in [1.29, 1.82) is 0 Å². The third-order valence-electron chi connectivity index (χ3n) is 3.02. The van der Waals surface area contributed by atoms with Crippen molar-refractivity contribution in [3.63, 3.8) is 0 Å². The summed E-state index contributed by atoms with van der Waals surface area (Å²) in [6, 6.07) is -1.30. The standard InChI is InChI=1S/C14H26N4O5/c1-10(5-3-4-8-15-11(2)20)16-14(23)18-17-12(9-19)6-7-13(21)22/h9-10,12,17H,3-8H2,1-2H3,(H,15,20)(H,21,22)(H2,16,18,23)/t10?,12-/m0/s1. The lowest BCUT2D eigenvalue weighted by molar-refractivity contribution is -0.137. The second-order valence-electron chi connectivity index (χ2n) is 5.30. The number of unbranched alkanes of at least 4 members (excludes halogenated alkanes) is 1. The summed E-state index contributed by atoms with van der Waals surface area (Å²) in [5.74, 6) is -1.06. The molecule has 0 aromatic rings. The Morgan fingerprint density at radius 2 is 1.87 bits per heavy atom. The fourth-order valence-electron chi connectivity index (χ4n) is 1.78. The van der Waals surface area contributed by atoms with Crippen LogP contribution >= 0.6 is 0 Å². The number of amides is 3. The zero-order valence-electron chi connectivity index (χ0n) is 13.6. The van der Waals surface area contributed by atoms with Gasteiger partial charge >= 0.3 is 12.0 Å². The van der Waals surface area contributed by atoms with Crippen molar-refractivity contribution in [1.82, 2.24) is 21.5 Å². The van der Waals surface area contributed by atoms with Gasteiger partial charge < -0.3 is 20.5 Å². The molecule has 0 aliphatic carbocycles. The fourth-order valence-corrected chi connectivity index (χ4v) is 1.78. The summed E-state index contributed by atoms with van der Waals surface area (Å²) in [6.07, 6.45) is 2.92. The fraction of sp³-hybridized carbons (Fsp3) is 0.714. The van der Waals surface area contributed by atoms with E-state index >= 15 is 0 Å². The molecule has 0 bridgehead atoms. The molecular weight excluding hydrogens is 304 g/mol. The van der Waals surface area contributed by atoms with E-state index in [-0.39, 0.29) is 24.8 Å². The minimum absolute atomic E-state index is 0.0609. The zero-order valence-corrected chi connectivity index (χ0v) is 13.6. The van der Waals surface area contributed by atoms with E-state index in [0.717, 1.165) is 19.3 Å². The van der Waals surface area contributed by atoms with E-state index in [1.54, 1.807) is 0 Å². The molecule has 132 valence electrons. The van der Waals surface area contributed by atoms with Gasteiger partial charge in [0.15, 0.2) is 0 Å². The number of hydrazine groups is 1. The van der Waals surface area contributed by atoms with E-state index in [4.69, 9.17) is 5.11 Å². The Kier molecular flexibility index (Phi) is 11.2. The largest absolute Gasteiger partial charge is 0.481 e. The molecule has 0 fully saturated rings. The lowest BCUT2D eigenvalue weighted by Crippen LogP contribution is -2.51. The van der Waals surface area contributed by atoms with E-state index in [1.165, 1.54) is 6.92 Å². The van der Waals surface area contributed by atoms with Gasteiger partial charge in [-0.3, -0.25) is 15.0 Å². The van der Waals surface area contributed by atoms with Crippen LogP contribution in [-0.2, 0) is 14.4 Å². The number of hydrogen-bond acceptors (Lipinski definition) is 5. The molecule has 2 atom stereocenters. The van der Waals surface area contributed by atoms with Crippen LogP contribution in [-0.4, -0.2) is 47.9 Å². The van der Waals surface area contributed by atoms with Crippen LogP contribution in [0, 0.1) is 0 Å². The van der Waals surface area contributed by atoms with Crippen molar-refractivity contribution in [3.8, 4) is 0 Å². The molecule has 0 aliphatic heterocycles. The molecule has 0 aliphatic rings. The van der Waals surface area contributed by atoms with Crippen LogP contribution in [0.3, 0.4) is 0 Å². The quantitative estimate of drug-likeness (QED) is 0.193. The molecule has 0 rings (SSSR count). The Labute approximate surface area is 135 Å². The molecule has 9 heteroatoms. The minimum Gasteiger partial charge on any atom is -0.481 e. The molecule has 5 N–H and O–H groups in total. The van der Waals surface area contributed by atoms with Crippen LogP contribution in [0.4, 0.5) is 4.79 Å². The van der Waals surface area contributed by atoms with Crippen LogP contribution in [0.15, 0.2) is 0 Å². The van der Waals surface area contributed by atoms with Crippen LogP contribution in [0.2, 0.25) is 0 Å². The molecule has 0 saturated carbocycles. The summed E-state index contributed by atoms with van der Waals surface area (Å²) in [4.78, 5) is 43.5. The number of carboxylic acids is 1. The number of carbonyl (C=O) groups is 4. The SMILES string of the molecule is CC(=O)NCCCCC(C)NC(=O)NN[C@H](C=O)CCC(=O)O. The van der Waals surface area contributed by atoms with Gasteiger partial charge in [-0.15, -0.1) is 0 Å². The number of hydrogen-bond donors (Lipinski definition) is 5. The molecule has 0 radical (unpaired) electrons. The van der Waals surface area contributed by atoms with E-state index in [9.17, 15) is 19.2 Å². The third-order valence-corrected chi connectivity index (χ3v) is 3.02. The van der Waals surface area contributed by atoms with Crippen molar-refractivity contribution in [3.05, 3.63) is 0 Å². The average molecular weight is 330 g/mol. The van der Waals surface area contributed by atoms with Gasteiger partial charge in [-0.2, -0.15) is 0 Å². The summed E-state index contributed by atoms with van der Waals surface area (Å²) < 4.78 is 0. The van der Waals surface area contributed by atoms with Gasteiger partial charge in [0.1, 0.15) is 6.29 Å². The number of carbonyl (C=O) groups excluding carboxylic acids is 3. The number of carboxylic acid groups (broad SMARTS) is 1. The maximum atomic E-state index is 11.6. The normalized spacial score (nSPS) is 12.8. The van der Waals surface area contributed by atoms with Gasteiger partial charge in [0.25, 0.3) is 0 Å². The number of urea groups is 1. The van der Waals surface area contributed by atoms with Crippen LogP contribution in [0.1, 0.15) is 46.0 Å². The van der Waals surface area contributed by atoms with Crippen molar-refractivity contribution in [2.75, 3.05) is 6.54 Å². The Balaban J connectivity index is 3.79. The molecule has 0 aromatic heterocycles. The van der Waals surface area contributed by atoms with Gasteiger partial charge in [-0.25, -0.2) is 10.2 Å². The average Bonchev–Trinajstić information content (AvgIpc) is 2.46. The molecule has 0 aromatic carbocycles. The second-order valence-corrected chi connectivity index (χ2v) is 5.30. The van der Waals surface area contributed by atoms with Gasteiger partial charge in [0.05, 0.1) is 6.04 Å². The van der Waals surface area contributed by atoms with E-state index in [0.29, 0.717) is 12.8 Å². The second kappa shape index (κ2) is 12.4. The van der Waals surface area contributed by atoms with Crippen molar-refractivity contribution >= 4 is 24.2 Å². The Hall–Kier alpha value is -2.16. The first-order valence-corrected chi connectivity index (χ1v) is 7.58. The number of nitrogens with one attached hydrogen (secondary N) is 4. The number of aliphatic carboxylic acids is 1. The number of aldehydes is 1. The predicted molar refractivity (Wildman–Crippen MR) is 83.5 cm³/mol. The lowest BCUT2D eigenvalue weighted by atomic mass is 10.1. The summed E-state index contributed by atoms with van der Waals surface area (Å²) in [5.41, 5.74) is 4.80. The highest BCUT2D eigenvalue weighted by Crippen LogP contribution is 1.99. The first-order valence-electron chi connectivity index (χ1n) is 7.58. The molecule has 1 unspecified atom stereocenters. The summed E-state index contributed by atoms with van der Waals surface area (Å²) in [6.45, 7) is 3.92. The topological polar surface area (TPSA) is 137 Å². The lowest BCUT2D eigenvalue weighted by Gasteiger charge is -2.17. The Bertz CT molecular complexity index is 403. The molecule has 9 nitrogen and oxygen atoms in total. The van der Waals surface area contributed by atoms with E-state index < -0.39 is 18.0 Å². The van der Waals surface area contributed by atoms with Crippen molar-refractivity contribution in [2.45, 2.75) is 58.0 Å². The van der Waals surface area contributed by atoms with E-state index in [1.807, 2.05) is 6.92 Å². The molecule has 0 heterocycles. The molecule has 3 amide bonds. The smallest absolute Gasteiger partial charge is 0.329 e. The highest BCUT2D eigenvalue weighted by molar-refractivity contribution is 5.74. The maximum absolute atomic E-state index is 11.6. The first-order chi connectivity index (χ1) is 10.8. The summed E-state index contributed by atoms with van der Waals surface area (Å²) in [5, 5.41) is 13.9. The highest BCUT2D eigenvalue weighted by Gasteiger charge is 2.12. The highest BCUT2D eigenvalue weighted by atomic mass is 16.4. The van der Waals surface area contributed by atoms with Gasteiger partial charge in [-0.05, 0) is 32.6 Å². The molecule has 23 heavy (non-hydrogen) atoms. The predicted octanol–water partition coefficient (Wildman–Crippen LogP) is -0.0826. The van der Waals surface area contributed by atoms with Gasteiger partial charge in [0.2, 0.25) is 5.91 Å². The van der Waals surface area contributed by atoms with E-state index in [2.05, 4.69) is 21.5 Å². The number of rotatable bonds is 12. The van der Waals surface area contributed by atoms with Crippen molar-refractivity contribution < 1.29 is 24.3 Å². The Morgan fingerprint density at radius 1 is 1.17 bits per heavy atom. The first kappa shape index (κ1) is 20.8. The van der Waals surface area contributed by atoms with Crippen LogP contribution in [0.5, 0.6) is 0 Å². The molecular formula is C14H26N4O5. The van der Waals surface area contributed by atoms with Gasteiger partial charge in [0, 0.05) is 25.9 Å². The zero-order chi connectivity index (χ0) is 17.7. The molecule has 0 saturated heterocycles. The molecule has 0 spiro atoms. The van der Waals surface area contributed by atoms with Crippen LogP contribution < -0.4 is 21.5 Å². The Morgan fingerprint density at radius 3 is 2.43 bits per heavy atom.